The maximum absolute atomic E-state index is 12.0. The van der Waals surface area contributed by atoms with Crippen LogP contribution in [-0.2, 0) is 9.59 Å². The molecule has 0 unspecified atom stereocenters. The van der Waals surface area contributed by atoms with E-state index in [9.17, 15) is 9.59 Å². The normalized spacial score (nSPS) is 11.6. The molecule has 4 nitrogen and oxygen atoms in total. The Bertz CT molecular complexity index is 752. The summed E-state index contributed by atoms with van der Waals surface area (Å²) in [6, 6.07) is 14.9. The van der Waals surface area contributed by atoms with Gasteiger partial charge < -0.3 is 10.6 Å². The third-order valence-electron chi connectivity index (χ3n) is 3.49. The van der Waals surface area contributed by atoms with Gasteiger partial charge in [0, 0.05) is 10.7 Å². The summed E-state index contributed by atoms with van der Waals surface area (Å²) < 4.78 is 0. The molecule has 0 saturated heterocycles. The molecule has 0 aromatic heterocycles. The molecule has 0 spiro atoms. The molecule has 2 N–H and O–H groups in total. The zero-order valence-electron chi connectivity index (χ0n) is 14.2. The van der Waals surface area contributed by atoms with Crippen LogP contribution in [0.4, 0.5) is 5.69 Å². The molecule has 6 heteroatoms. The molecule has 0 saturated carbocycles. The van der Waals surface area contributed by atoms with Crippen LogP contribution in [0.1, 0.15) is 24.1 Å². The predicted octanol–water partition coefficient (Wildman–Crippen LogP) is 4.20. The van der Waals surface area contributed by atoms with Crippen molar-refractivity contribution < 1.29 is 9.59 Å². The summed E-state index contributed by atoms with van der Waals surface area (Å²) in [5.41, 5.74) is 2.80. The van der Waals surface area contributed by atoms with Gasteiger partial charge >= 0.3 is 0 Å². The van der Waals surface area contributed by atoms with Crippen LogP contribution in [0.25, 0.3) is 0 Å². The van der Waals surface area contributed by atoms with Gasteiger partial charge in [0.15, 0.2) is 0 Å². The SMILES string of the molecule is Cc1cccc(NC(=O)CSCC(=O)N[C@@H](C)c2cccc(Cl)c2)c1. The van der Waals surface area contributed by atoms with E-state index in [-0.39, 0.29) is 29.4 Å². The van der Waals surface area contributed by atoms with Crippen LogP contribution in [0.15, 0.2) is 48.5 Å². The molecule has 2 aromatic rings. The highest BCUT2D eigenvalue weighted by Gasteiger charge is 2.11. The second-order valence-corrected chi connectivity index (χ2v) is 7.18. The molecular weight excluding hydrogens is 356 g/mol. The topological polar surface area (TPSA) is 58.2 Å². The van der Waals surface area contributed by atoms with Crippen molar-refractivity contribution in [1.29, 1.82) is 0 Å². The highest BCUT2D eigenvalue weighted by atomic mass is 35.5. The number of hydrogen-bond donors (Lipinski definition) is 2. The van der Waals surface area contributed by atoms with Crippen molar-refractivity contribution in [2.45, 2.75) is 19.9 Å². The molecule has 2 amide bonds. The maximum atomic E-state index is 12.0. The number of halogens is 1. The van der Waals surface area contributed by atoms with Gasteiger partial charge in [-0.2, -0.15) is 0 Å². The van der Waals surface area contributed by atoms with Crippen LogP contribution >= 0.6 is 23.4 Å². The fraction of sp³-hybridized carbons (Fsp3) is 0.263. The number of thioether (sulfide) groups is 1. The quantitative estimate of drug-likeness (QED) is 0.761. The van der Waals surface area contributed by atoms with Crippen molar-refractivity contribution in [2.75, 3.05) is 16.8 Å². The Hall–Kier alpha value is -1.98. The fourth-order valence-electron chi connectivity index (χ4n) is 2.30. The van der Waals surface area contributed by atoms with Crippen LogP contribution < -0.4 is 10.6 Å². The van der Waals surface area contributed by atoms with E-state index in [4.69, 9.17) is 11.6 Å². The molecule has 2 rings (SSSR count). The largest absolute Gasteiger partial charge is 0.349 e. The maximum Gasteiger partial charge on any atom is 0.234 e. The van der Waals surface area contributed by atoms with E-state index < -0.39 is 0 Å². The van der Waals surface area contributed by atoms with Gasteiger partial charge in [-0.25, -0.2) is 0 Å². The number of carbonyl (C=O) groups is 2. The summed E-state index contributed by atoms with van der Waals surface area (Å²) in [5.74, 6) is 0.228. The number of benzene rings is 2. The summed E-state index contributed by atoms with van der Waals surface area (Å²) in [5, 5.41) is 6.37. The van der Waals surface area contributed by atoms with Crippen LogP contribution in [-0.4, -0.2) is 23.3 Å². The molecule has 0 fully saturated rings. The van der Waals surface area contributed by atoms with Gasteiger partial charge in [-0.05, 0) is 49.2 Å². The third-order valence-corrected chi connectivity index (χ3v) is 4.66. The van der Waals surface area contributed by atoms with E-state index in [0.717, 1.165) is 16.8 Å². The van der Waals surface area contributed by atoms with Gasteiger partial charge in [0.2, 0.25) is 11.8 Å². The average Bonchev–Trinajstić information content (AvgIpc) is 2.54. The second kappa shape index (κ2) is 9.49. The lowest BCUT2D eigenvalue weighted by molar-refractivity contribution is -0.119. The van der Waals surface area contributed by atoms with Crippen molar-refractivity contribution in [2.24, 2.45) is 0 Å². The van der Waals surface area contributed by atoms with Gasteiger partial charge in [0.25, 0.3) is 0 Å². The number of nitrogens with one attached hydrogen (secondary N) is 2. The molecule has 25 heavy (non-hydrogen) atoms. The highest BCUT2D eigenvalue weighted by molar-refractivity contribution is 8.00. The fourth-order valence-corrected chi connectivity index (χ4v) is 3.13. The van der Waals surface area contributed by atoms with Crippen molar-refractivity contribution in [3.63, 3.8) is 0 Å². The van der Waals surface area contributed by atoms with Crippen LogP contribution in [0, 0.1) is 6.92 Å². The Morgan fingerprint density at radius 1 is 1.08 bits per heavy atom. The van der Waals surface area contributed by atoms with E-state index in [0.29, 0.717) is 5.02 Å². The number of hydrogen-bond acceptors (Lipinski definition) is 3. The van der Waals surface area contributed by atoms with Gasteiger partial charge in [0.05, 0.1) is 17.5 Å². The first kappa shape index (κ1) is 19.3. The predicted molar refractivity (Wildman–Crippen MR) is 105 cm³/mol. The average molecular weight is 377 g/mol. The van der Waals surface area contributed by atoms with Crippen molar-refractivity contribution in [3.8, 4) is 0 Å². The summed E-state index contributed by atoms with van der Waals surface area (Å²) in [4.78, 5) is 23.9. The number of aryl methyl sites for hydroxylation is 1. The summed E-state index contributed by atoms with van der Waals surface area (Å²) in [7, 11) is 0. The first-order valence-corrected chi connectivity index (χ1v) is 9.46. The van der Waals surface area contributed by atoms with Crippen molar-refractivity contribution >= 4 is 40.9 Å². The smallest absolute Gasteiger partial charge is 0.234 e. The standard InChI is InChI=1S/C19H21ClN2O2S/c1-13-5-3-8-17(9-13)22-19(24)12-25-11-18(23)21-14(2)15-6-4-7-16(20)10-15/h3-10,14H,11-12H2,1-2H3,(H,21,23)(H,22,24)/t14-/m0/s1. The van der Waals surface area contributed by atoms with Gasteiger partial charge in [-0.15, -0.1) is 11.8 Å². The van der Waals surface area contributed by atoms with E-state index in [1.807, 2.05) is 56.3 Å². The molecular formula is C19H21ClN2O2S. The van der Waals surface area contributed by atoms with E-state index in [1.165, 1.54) is 11.8 Å². The first-order chi connectivity index (χ1) is 11.9. The minimum Gasteiger partial charge on any atom is -0.349 e. The molecule has 0 aliphatic heterocycles. The summed E-state index contributed by atoms with van der Waals surface area (Å²) in [6.07, 6.45) is 0. The lowest BCUT2D eigenvalue weighted by Gasteiger charge is -2.14. The Morgan fingerprint density at radius 3 is 2.52 bits per heavy atom. The number of anilines is 1. The van der Waals surface area contributed by atoms with Crippen molar-refractivity contribution in [3.05, 3.63) is 64.7 Å². The van der Waals surface area contributed by atoms with Gasteiger partial charge in [0.1, 0.15) is 0 Å². The molecule has 0 aliphatic rings. The lowest BCUT2D eigenvalue weighted by atomic mass is 10.1. The van der Waals surface area contributed by atoms with Crippen LogP contribution in [0.2, 0.25) is 5.02 Å². The molecule has 0 bridgehead atoms. The summed E-state index contributed by atoms with van der Waals surface area (Å²) >= 11 is 7.24. The molecule has 132 valence electrons. The zero-order chi connectivity index (χ0) is 18.2. The summed E-state index contributed by atoms with van der Waals surface area (Å²) in [6.45, 7) is 3.87. The highest BCUT2D eigenvalue weighted by Crippen LogP contribution is 2.17. The van der Waals surface area contributed by atoms with E-state index >= 15 is 0 Å². The Balaban J connectivity index is 1.72. The van der Waals surface area contributed by atoms with E-state index in [1.54, 1.807) is 6.07 Å². The molecule has 0 radical (unpaired) electrons. The first-order valence-electron chi connectivity index (χ1n) is 7.93. The lowest BCUT2D eigenvalue weighted by Crippen LogP contribution is -2.28. The van der Waals surface area contributed by atoms with Crippen molar-refractivity contribution in [1.82, 2.24) is 5.32 Å². The minimum absolute atomic E-state index is 0.110. The van der Waals surface area contributed by atoms with Crippen LogP contribution in [0.3, 0.4) is 0 Å². The zero-order valence-corrected chi connectivity index (χ0v) is 15.8. The third kappa shape index (κ3) is 6.80. The minimum atomic E-state index is -0.132. The van der Waals surface area contributed by atoms with Crippen LogP contribution in [0.5, 0.6) is 0 Å². The molecule has 0 aliphatic carbocycles. The monoisotopic (exact) mass is 376 g/mol. The second-order valence-electron chi connectivity index (χ2n) is 5.75. The number of amides is 2. The molecule has 2 aromatic carbocycles. The Labute approximate surface area is 157 Å². The molecule has 1 atom stereocenters. The number of rotatable bonds is 7. The Morgan fingerprint density at radius 2 is 1.80 bits per heavy atom. The van der Waals surface area contributed by atoms with Gasteiger partial charge in [-0.3, -0.25) is 9.59 Å². The Kier molecular flexibility index (Phi) is 7.34. The number of carbonyl (C=O) groups excluding carboxylic acids is 2. The van der Waals surface area contributed by atoms with E-state index in [2.05, 4.69) is 10.6 Å². The van der Waals surface area contributed by atoms with Gasteiger partial charge in [-0.1, -0.05) is 35.9 Å². The molecule has 0 heterocycles.